The molecule has 0 aliphatic rings. The van der Waals surface area contributed by atoms with Gasteiger partial charge in [-0.1, -0.05) is 0 Å². The molecule has 0 aliphatic carbocycles. The normalized spacial score (nSPS) is 10.3. The SMILES string of the molecule is O=C(O)Cc1cnc(-c2ccc(F)cc2)[nH]1. The fourth-order valence-electron chi connectivity index (χ4n) is 1.37. The topological polar surface area (TPSA) is 66.0 Å². The highest BCUT2D eigenvalue weighted by Crippen LogP contribution is 2.16. The Morgan fingerprint density at radius 1 is 1.38 bits per heavy atom. The maximum absolute atomic E-state index is 12.7. The Morgan fingerprint density at radius 2 is 2.06 bits per heavy atom. The second kappa shape index (κ2) is 4.14. The smallest absolute Gasteiger partial charge is 0.309 e. The second-order valence-corrected chi connectivity index (χ2v) is 3.33. The first-order chi connectivity index (χ1) is 7.65. The molecule has 16 heavy (non-hydrogen) atoms. The van der Waals surface area contributed by atoms with Crippen LogP contribution in [0.25, 0.3) is 11.4 Å². The fourth-order valence-corrected chi connectivity index (χ4v) is 1.37. The zero-order chi connectivity index (χ0) is 11.5. The number of aliphatic carboxylic acids is 1. The summed E-state index contributed by atoms with van der Waals surface area (Å²) in [5.74, 6) is -0.702. The lowest BCUT2D eigenvalue weighted by Crippen LogP contribution is -1.99. The average molecular weight is 220 g/mol. The molecule has 0 radical (unpaired) electrons. The first kappa shape index (κ1) is 10.4. The van der Waals surface area contributed by atoms with E-state index in [4.69, 9.17) is 5.11 Å². The molecule has 0 atom stereocenters. The summed E-state index contributed by atoms with van der Waals surface area (Å²) < 4.78 is 12.7. The standard InChI is InChI=1S/C11H9FN2O2/c12-8-3-1-7(2-4-8)11-13-6-9(14-11)5-10(15)16/h1-4,6H,5H2,(H,13,14)(H,15,16). The van der Waals surface area contributed by atoms with Gasteiger partial charge in [0.15, 0.2) is 0 Å². The van der Waals surface area contributed by atoms with Crippen LogP contribution in [0.1, 0.15) is 5.69 Å². The van der Waals surface area contributed by atoms with Gasteiger partial charge in [0.2, 0.25) is 0 Å². The van der Waals surface area contributed by atoms with Crippen LogP contribution in [0.5, 0.6) is 0 Å². The fraction of sp³-hybridized carbons (Fsp3) is 0.0909. The number of benzene rings is 1. The van der Waals surface area contributed by atoms with Crippen molar-refractivity contribution in [1.29, 1.82) is 0 Å². The molecule has 2 N–H and O–H groups in total. The van der Waals surface area contributed by atoms with Crippen molar-refractivity contribution >= 4 is 5.97 Å². The number of aromatic amines is 1. The number of imidazole rings is 1. The molecule has 2 aromatic rings. The maximum atomic E-state index is 12.7. The van der Waals surface area contributed by atoms with Crippen molar-refractivity contribution < 1.29 is 14.3 Å². The summed E-state index contributed by atoms with van der Waals surface area (Å²) in [5, 5.41) is 8.59. The van der Waals surface area contributed by atoms with Gasteiger partial charge in [0.1, 0.15) is 11.6 Å². The number of H-pyrrole nitrogens is 1. The van der Waals surface area contributed by atoms with Gasteiger partial charge in [-0.15, -0.1) is 0 Å². The highest BCUT2D eigenvalue weighted by Gasteiger charge is 2.06. The van der Waals surface area contributed by atoms with Gasteiger partial charge in [-0.05, 0) is 24.3 Å². The number of halogens is 1. The van der Waals surface area contributed by atoms with Crippen molar-refractivity contribution in [2.45, 2.75) is 6.42 Å². The van der Waals surface area contributed by atoms with Crippen LogP contribution in [0.3, 0.4) is 0 Å². The maximum Gasteiger partial charge on any atom is 0.309 e. The molecule has 0 unspecified atom stereocenters. The molecule has 0 saturated heterocycles. The van der Waals surface area contributed by atoms with Crippen molar-refractivity contribution in [2.75, 3.05) is 0 Å². The zero-order valence-electron chi connectivity index (χ0n) is 8.27. The second-order valence-electron chi connectivity index (χ2n) is 3.33. The van der Waals surface area contributed by atoms with E-state index >= 15 is 0 Å². The van der Waals surface area contributed by atoms with E-state index in [1.807, 2.05) is 0 Å². The Kier molecular flexibility index (Phi) is 2.68. The van der Waals surface area contributed by atoms with Crippen molar-refractivity contribution in [3.8, 4) is 11.4 Å². The molecule has 1 heterocycles. The van der Waals surface area contributed by atoms with Gasteiger partial charge in [-0.25, -0.2) is 9.37 Å². The number of nitrogens with zero attached hydrogens (tertiary/aromatic N) is 1. The van der Waals surface area contributed by atoms with Gasteiger partial charge >= 0.3 is 5.97 Å². The molecule has 0 aliphatic heterocycles. The average Bonchev–Trinajstić information content (AvgIpc) is 2.66. The molecule has 4 nitrogen and oxygen atoms in total. The zero-order valence-corrected chi connectivity index (χ0v) is 8.27. The first-order valence-corrected chi connectivity index (χ1v) is 4.67. The molecule has 5 heteroatoms. The lowest BCUT2D eigenvalue weighted by molar-refractivity contribution is -0.136. The van der Waals surface area contributed by atoms with Crippen LogP contribution in [-0.4, -0.2) is 21.0 Å². The number of hydrogen-bond acceptors (Lipinski definition) is 2. The Morgan fingerprint density at radius 3 is 2.69 bits per heavy atom. The molecule has 2 rings (SSSR count). The number of carbonyl (C=O) groups is 1. The van der Waals surface area contributed by atoms with Gasteiger partial charge < -0.3 is 10.1 Å². The molecule has 0 spiro atoms. The molecular formula is C11H9FN2O2. The third-order valence-corrected chi connectivity index (χ3v) is 2.09. The summed E-state index contributed by atoms with van der Waals surface area (Å²) >= 11 is 0. The van der Waals surface area contributed by atoms with E-state index in [1.54, 1.807) is 12.1 Å². The van der Waals surface area contributed by atoms with E-state index in [1.165, 1.54) is 18.3 Å². The van der Waals surface area contributed by atoms with Crippen LogP contribution in [0, 0.1) is 5.82 Å². The first-order valence-electron chi connectivity index (χ1n) is 4.67. The number of hydrogen-bond donors (Lipinski definition) is 2. The minimum Gasteiger partial charge on any atom is -0.481 e. The third kappa shape index (κ3) is 2.25. The number of aromatic nitrogens is 2. The Bertz CT molecular complexity index is 505. The number of carboxylic acid groups (broad SMARTS) is 1. The van der Waals surface area contributed by atoms with E-state index in [0.717, 1.165) is 5.56 Å². The van der Waals surface area contributed by atoms with E-state index in [0.29, 0.717) is 11.5 Å². The highest BCUT2D eigenvalue weighted by molar-refractivity contribution is 5.69. The lowest BCUT2D eigenvalue weighted by Gasteiger charge is -1.96. The van der Waals surface area contributed by atoms with Crippen molar-refractivity contribution in [3.63, 3.8) is 0 Å². The molecular weight excluding hydrogens is 211 g/mol. The third-order valence-electron chi connectivity index (χ3n) is 2.09. The molecule has 0 saturated carbocycles. The van der Waals surface area contributed by atoms with E-state index in [9.17, 15) is 9.18 Å². The minimum absolute atomic E-state index is 0.103. The molecule has 1 aromatic carbocycles. The summed E-state index contributed by atoms with van der Waals surface area (Å²) in [4.78, 5) is 17.4. The summed E-state index contributed by atoms with van der Waals surface area (Å²) in [5.41, 5.74) is 1.24. The largest absolute Gasteiger partial charge is 0.481 e. The number of rotatable bonds is 3. The molecule has 0 fully saturated rings. The summed E-state index contributed by atoms with van der Waals surface area (Å²) in [6, 6.07) is 5.82. The van der Waals surface area contributed by atoms with E-state index in [-0.39, 0.29) is 12.2 Å². The highest BCUT2D eigenvalue weighted by atomic mass is 19.1. The number of nitrogens with one attached hydrogen (secondary N) is 1. The lowest BCUT2D eigenvalue weighted by atomic mass is 10.2. The van der Waals surface area contributed by atoms with E-state index < -0.39 is 5.97 Å². The molecule has 82 valence electrons. The van der Waals surface area contributed by atoms with Gasteiger partial charge in [-0.2, -0.15) is 0 Å². The monoisotopic (exact) mass is 220 g/mol. The van der Waals surface area contributed by atoms with Crippen LogP contribution < -0.4 is 0 Å². The summed E-state index contributed by atoms with van der Waals surface area (Å²) in [6.45, 7) is 0. The predicted molar refractivity (Wildman–Crippen MR) is 55.3 cm³/mol. The Hall–Kier alpha value is -2.17. The van der Waals surface area contributed by atoms with Gasteiger partial charge in [0.05, 0.1) is 6.42 Å². The van der Waals surface area contributed by atoms with Crippen molar-refractivity contribution in [1.82, 2.24) is 9.97 Å². The summed E-state index contributed by atoms with van der Waals surface area (Å²) in [7, 11) is 0. The molecule has 0 amide bonds. The van der Waals surface area contributed by atoms with Crippen LogP contribution in [0.2, 0.25) is 0 Å². The van der Waals surface area contributed by atoms with Crippen molar-refractivity contribution in [2.24, 2.45) is 0 Å². The van der Waals surface area contributed by atoms with Gasteiger partial charge in [0.25, 0.3) is 0 Å². The molecule has 0 bridgehead atoms. The quantitative estimate of drug-likeness (QED) is 0.829. The molecule has 1 aromatic heterocycles. The summed E-state index contributed by atoms with van der Waals surface area (Å²) in [6.07, 6.45) is 1.36. The van der Waals surface area contributed by atoms with Crippen LogP contribution in [0.4, 0.5) is 4.39 Å². The minimum atomic E-state index is -0.922. The van der Waals surface area contributed by atoms with E-state index in [2.05, 4.69) is 9.97 Å². The Labute approximate surface area is 90.8 Å². The van der Waals surface area contributed by atoms with Crippen LogP contribution in [0.15, 0.2) is 30.5 Å². The van der Waals surface area contributed by atoms with Crippen molar-refractivity contribution in [3.05, 3.63) is 42.0 Å². The van der Waals surface area contributed by atoms with Crippen LogP contribution in [-0.2, 0) is 11.2 Å². The number of carboxylic acids is 1. The van der Waals surface area contributed by atoms with Gasteiger partial charge in [0, 0.05) is 17.5 Å². The predicted octanol–water partition coefficient (Wildman–Crippen LogP) is 1.84. The Balaban J connectivity index is 2.24. The van der Waals surface area contributed by atoms with Crippen LogP contribution >= 0.6 is 0 Å². The van der Waals surface area contributed by atoms with Gasteiger partial charge in [-0.3, -0.25) is 4.79 Å².